The van der Waals surface area contributed by atoms with Gasteiger partial charge in [0.25, 0.3) is 5.89 Å². The Morgan fingerprint density at radius 3 is 2.67 bits per heavy atom. The summed E-state index contributed by atoms with van der Waals surface area (Å²) in [6.07, 6.45) is 2.61. The van der Waals surface area contributed by atoms with Crippen LogP contribution < -0.4 is 5.73 Å². The number of rotatable bonds is 4. The van der Waals surface area contributed by atoms with Crippen molar-refractivity contribution in [2.24, 2.45) is 5.73 Å². The lowest BCUT2D eigenvalue weighted by atomic mass is 10.1. The zero-order chi connectivity index (χ0) is 14.7. The Morgan fingerprint density at radius 2 is 1.95 bits per heavy atom. The average Bonchev–Trinajstić information content (AvgIpc) is 3.04. The Hall–Kier alpha value is -2.53. The third-order valence-corrected chi connectivity index (χ3v) is 3.35. The molecule has 0 unspecified atom stereocenters. The molecule has 0 aliphatic rings. The van der Waals surface area contributed by atoms with Gasteiger partial charge in [-0.25, -0.2) is 0 Å². The van der Waals surface area contributed by atoms with Gasteiger partial charge in [0.1, 0.15) is 5.69 Å². The molecule has 21 heavy (non-hydrogen) atoms. The number of nitrogens with zero attached hydrogens (tertiary/aromatic N) is 3. The van der Waals surface area contributed by atoms with E-state index in [1.807, 2.05) is 36.4 Å². The highest BCUT2D eigenvalue weighted by atomic mass is 16.5. The summed E-state index contributed by atoms with van der Waals surface area (Å²) < 4.78 is 5.35. The van der Waals surface area contributed by atoms with Crippen LogP contribution in [-0.4, -0.2) is 15.1 Å². The highest BCUT2D eigenvalue weighted by Gasteiger charge is 2.14. The number of benzene rings is 1. The lowest BCUT2D eigenvalue weighted by Gasteiger charge is -2.00. The fourth-order valence-electron chi connectivity index (χ4n) is 2.15. The van der Waals surface area contributed by atoms with E-state index in [0.29, 0.717) is 18.3 Å². The van der Waals surface area contributed by atoms with Gasteiger partial charge in [0.15, 0.2) is 0 Å². The van der Waals surface area contributed by atoms with Crippen LogP contribution in [0.5, 0.6) is 0 Å². The zero-order valence-electron chi connectivity index (χ0n) is 11.8. The van der Waals surface area contributed by atoms with Gasteiger partial charge in [-0.15, -0.1) is 0 Å². The monoisotopic (exact) mass is 280 g/mol. The first-order valence-electron chi connectivity index (χ1n) is 6.89. The molecule has 5 nitrogen and oxygen atoms in total. The normalized spacial score (nSPS) is 10.8. The molecule has 0 aliphatic heterocycles. The van der Waals surface area contributed by atoms with E-state index in [0.717, 1.165) is 28.8 Å². The third kappa shape index (κ3) is 2.68. The summed E-state index contributed by atoms with van der Waals surface area (Å²) in [5.41, 5.74) is 9.40. The van der Waals surface area contributed by atoms with Crippen LogP contribution >= 0.6 is 0 Å². The van der Waals surface area contributed by atoms with Crippen LogP contribution in [0.4, 0.5) is 0 Å². The molecule has 2 heterocycles. The fraction of sp³-hybridized carbons (Fsp3) is 0.188. The Kier molecular flexibility index (Phi) is 3.75. The summed E-state index contributed by atoms with van der Waals surface area (Å²) in [5.74, 6) is 1.01. The van der Waals surface area contributed by atoms with Gasteiger partial charge in [-0.1, -0.05) is 30.3 Å². The SMILES string of the molecule is CCc1cccnc1-c1noc(-c2ccc(CN)cc2)n1. The van der Waals surface area contributed by atoms with Crippen molar-refractivity contribution in [2.45, 2.75) is 19.9 Å². The topological polar surface area (TPSA) is 77.8 Å². The standard InChI is InChI=1S/C16H16N4O/c1-2-12-4-3-9-18-14(12)15-19-16(21-20-15)13-7-5-11(10-17)6-8-13/h3-9H,2,10,17H2,1H3. The minimum Gasteiger partial charge on any atom is -0.334 e. The van der Waals surface area contributed by atoms with Crippen molar-refractivity contribution >= 4 is 0 Å². The van der Waals surface area contributed by atoms with E-state index in [-0.39, 0.29) is 0 Å². The number of aryl methyl sites for hydroxylation is 1. The number of hydrogen-bond donors (Lipinski definition) is 1. The van der Waals surface area contributed by atoms with E-state index in [1.54, 1.807) is 6.20 Å². The van der Waals surface area contributed by atoms with Crippen LogP contribution in [-0.2, 0) is 13.0 Å². The van der Waals surface area contributed by atoms with Gasteiger partial charge in [0, 0.05) is 18.3 Å². The summed E-state index contributed by atoms with van der Waals surface area (Å²) >= 11 is 0. The molecule has 3 rings (SSSR count). The molecule has 106 valence electrons. The van der Waals surface area contributed by atoms with Gasteiger partial charge >= 0.3 is 0 Å². The lowest BCUT2D eigenvalue weighted by Crippen LogP contribution is -1.95. The van der Waals surface area contributed by atoms with E-state index in [2.05, 4.69) is 22.0 Å². The fourth-order valence-corrected chi connectivity index (χ4v) is 2.15. The van der Waals surface area contributed by atoms with Crippen molar-refractivity contribution in [1.29, 1.82) is 0 Å². The molecule has 0 radical (unpaired) electrons. The minimum atomic E-state index is 0.487. The summed E-state index contributed by atoms with van der Waals surface area (Å²) in [4.78, 5) is 8.80. The maximum Gasteiger partial charge on any atom is 0.258 e. The number of pyridine rings is 1. The first-order valence-corrected chi connectivity index (χ1v) is 6.89. The Morgan fingerprint density at radius 1 is 1.14 bits per heavy atom. The van der Waals surface area contributed by atoms with Crippen LogP contribution in [0.2, 0.25) is 0 Å². The second-order valence-electron chi connectivity index (χ2n) is 4.69. The van der Waals surface area contributed by atoms with Crippen LogP contribution in [0.3, 0.4) is 0 Å². The Labute approximate surface area is 122 Å². The smallest absolute Gasteiger partial charge is 0.258 e. The predicted molar refractivity (Wildman–Crippen MR) is 80.2 cm³/mol. The van der Waals surface area contributed by atoms with E-state index in [4.69, 9.17) is 10.3 Å². The summed E-state index contributed by atoms with van der Waals surface area (Å²) in [5, 5.41) is 4.04. The van der Waals surface area contributed by atoms with Gasteiger partial charge in [0.2, 0.25) is 5.82 Å². The highest BCUT2D eigenvalue weighted by molar-refractivity contribution is 5.59. The van der Waals surface area contributed by atoms with Gasteiger partial charge < -0.3 is 10.3 Å². The van der Waals surface area contributed by atoms with E-state index in [9.17, 15) is 0 Å². The van der Waals surface area contributed by atoms with Gasteiger partial charge in [-0.05, 0) is 35.7 Å². The molecule has 0 aliphatic carbocycles. The minimum absolute atomic E-state index is 0.487. The molecule has 5 heteroatoms. The molecular weight excluding hydrogens is 264 g/mol. The zero-order valence-corrected chi connectivity index (χ0v) is 11.8. The van der Waals surface area contributed by atoms with Crippen molar-refractivity contribution in [1.82, 2.24) is 15.1 Å². The third-order valence-electron chi connectivity index (χ3n) is 3.35. The van der Waals surface area contributed by atoms with E-state index < -0.39 is 0 Å². The summed E-state index contributed by atoms with van der Waals surface area (Å²) in [6, 6.07) is 11.7. The van der Waals surface area contributed by atoms with Gasteiger partial charge in [-0.3, -0.25) is 4.98 Å². The summed E-state index contributed by atoms with van der Waals surface area (Å²) in [6.45, 7) is 2.59. The molecule has 2 N–H and O–H groups in total. The largest absolute Gasteiger partial charge is 0.334 e. The second-order valence-corrected chi connectivity index (χ2v) is 4.69. The van der Waals surface area contributed by atoms with Crippen LogP contribution in [0.25, 0.3) is 23.0 Å². The molecule has 3 aromatic rings. The highest BCUT2D eigenvalue weighted by Crippen LogP contribution is 2.23. The molecular formula is C16H16N4O. The van der Waals surface area contributed by atoms with Crippen molar-refractivity contribution in [3.63, 3.8) is 0 Å². The molecule has 1 aromatic carbocycles. The molecule has 0 saturated carbocycles. The van der Waals surface area contributed by atoms with Crippen molar-refractivity contribution in [3.8, 4) is 23.0 Å². The molecule has 2 aromatic heterocycles. The van der Waals surface area contributed by atoms with Crippen LogP contribution in [0, 0.1) is 0 Å². The van der Waals surface area contributed by atoms with Crippen molar-refractivity contribution in [3.05, 3.63) is 53.7 Å². The van der Waals surface area contributed by atoms with Gasteiger partial charge in [0.05, 0.1) is 0 Å². The van der Waals surface area contributed by atoms with E-state index >= 15 is 0 Å². The Balaban J connectivity index is 1.95. The second kappa shape index (κ2) is 5.85. The number of nitrogens with two attached hydrogens (primary N) is 1. The first-order chi connectivity index (χ1) is 10.3. The Bertz CT molecular complexity index is 734. The number of aromatic nitrogens is 3. The quantitative estimate of drug-likeness (QED) is 0.795. The van der Waals surface area contributed by atoms with Crippen LogP contribution in [0.15, 0.2) is 47.1 Å². The first kappa shape index (κ1) is 13.5. The molecule has 0 spiro atoms. The predicted octanol–water partition coefficient (Wildman–Crippen LogP) is 2.82. The van der Waals surface area contributed by atoms with Gasteiger partial charge in [-0.2, -0.15) is 4.98 Å². The van der Waals surface area contributed by atoms with Crippen molar-refractivity contribution < 1.29 is 4.52 Å². The molecule has 0 bridgehead atoms. The molecule has 0 atom stereocenters. The number of hydrogen-bond acceptors (Lipinski definition) is 5. The average molecular weight is 280 g/mol. The lowest BCUT2D eigenvalue weighted by molar-refractivity contribution is 0.432. The maximum absolute atomic E-state index is 5.59. The maximum atomic E-state index is 5.59. The van der Waals surface area contributed by atoms with E-state index in [1.165, 1.54) is 0 Å². The van der Waals surface area contributed by atoms with Crippen LogP contribution in [0.1, 0.15) is 18.1 Å². The van der Waals surface area contributed by atoms with Crippen molar-refractivity contribution in [2.75, 3.05) is 0 Å². The summed E-state index contributed by atoms with van der Waals surface area (Å²) in [7, 11) is 0. The molecule has 0 saturated heterocycles. The molecule has 0 amide bonds. The molecule has 0 fully saturated rings.